The molecule has 2 N–H and O–H groups in total. The molecular weight excluding hydrogens is 568 g/mol. The Balaban J connectivity index is 1.38. The zero-order valence-corrected chi connectivity index (χ0v) is 25.9. The van der Waals surface area contributed by atoms with Crippen LogP contribution in [0, 0.1) is 0 Å². The second kappa shape index (κ2) is 15.2. The predicted molar refractivity (Wildman–Crippen MR) is 167 cm³/mol. The number of rotatable bonds is 14. The van der Waals surface area contributed by atoms with Crippen molar-refractivity contribution in [2.24, 2.45) is 0 Å². The highest BCUT2D eigenvalue weighted by Gasteiger charge is 2.28. The molecule has 0 saturated heterocycles. The van der Waals surface area contributed by atoms with Gasteiger partial charge in [-0.15, -0.1) is 0 Å². The number of ether oxygens (including phenoxy) is 3. The summed E-state index contributed by atoms with van der Waals surface area (Å²) in [5.74, 6) is 0.923. The lowest BCUT2D eigenvalue weighted by Gasteiger charge is -2.38. The number of benzene rings is 3. The standard InChI is InChI=1S/C33H42N2O7S/c1-4-41-33(37)27-12-10-25(11-13-27)26-14-16-28(17-15-26)35(21-24-8-6-5-7-9-24)22-29(36)23-42-30-18-19-32(40-2)31(20-30)34-43(3,38)39/h5-13,18-20,26,28-29,34,36H,4,14-17,21-23H2,1-3H3/t26?,28?,29-/m0/s1. The van der Waals surface area contributed by atoms with E-state index in [1.54, 1.807) is 25.1 Å². The number of aliphatic hydroxyl groups is 1. The molecule has 0 spiro atoms. The molecule has 0 amide bonds. The van der Waals surface area contributed by atoms with Gasteiger partial charge in [-0.1, -0.05) is 42.5 Å². The monoisotopic (exact) mass is 610 g/mol. The van der Waals surface area contributed by atoms with Crippen LogP contribution in [0.1, 0.15) is 60.0 Å². The SMILES string of the molecule is CCOC(=O)c1ccc(C2CCC(N(Cc3ccccc3)C[C@H](O)COc3ccc(OC)c(NS(C)(=O)=O)c3)CC2)cc1. The number of nitrogens with one attached hydrogen (secondary N) is 1. The predicted octanol–water partition coefficient (Wildman–Crippen LogP) is 5.21. The second-order valence-corrected chi connectivity index (χ2v) is 12.7. The van der Waals surface area contributed by atoms with Crippen LogP contribution in [-0.4, -0.2) is 69.7 Å². The number of hydrogen-bond acceptors (Lipinski definition) is 8. The zero-order valence-electron chi connectivity index (χ0n) is 25.1. The molecule has 1 atom stereocenters. The van der Waals surface area contributed by atoms with Crippen LogP contribution in [0.15, 0.2) is 72.8 Å². The highest BCUT2D eigenvalue weighted by Crippen LogP contribution is 2.36. The number of methoxy groups -OCH3 is 1. The Morgan fingerprint density at radius 3 is 2.35 bits per heavy atom. The van der Waals surface area contributed by atoms with E-state index in [0.717, 1.165) is 31.9 Å². The number of carbonyl (C=O) groups is 1. The molecule has 10 heteroatoms. The number of carbonyl (C=O) groups excluding carboxylic acids is 1. The van der Waals surface area contributed by atoms with Gasteiger partial charge in [-0.05, 0) is 73.9 Å². The summed E-state index contributed by atoms with van der Waals surface area (Å²) >= 11 is 0. The van der Waals surface area contributed by atoms with Crippen LogP contribution in [-0.2, 0) is 21.3 Å². The summed E-state index contributed by atoms with van der Waals surface area (Å²) in [4.78, 5) is 14.4. The summed E-state index contributed by atoms with van der Waals surface area (Å²) in [5, 5.41) is 11.0. The van der Waals surface area contributed by atoms with Crippen LogP contribution in [0.4, 0.5) is 5.69 Å². The molecule has 3 aromatic carbocycles. The Kier molecular flexibility index (Phi) is 11.4. The average Bonchev–Trinajstić information content (AvgIpc) is 3.00. The van der Waals surface area contributed by atoms with Crippen molar-refractivity contribution in [2.45, 2.75) is 57.2 Å². The van der Waals surface area contributed by atoms with Gasteiger partial charge in [0.25, 0.3) is 0 Å². The van der Waals surface area contributed by atoms with E-state index in [-0.39, 0.29) is 18.3 Å². The molecule has 43 heavy (non-hydrogen) atoms. The lowest BCUT2D eigenvalue weighted by Crippen LogP contribution is -2.43. The third-order valence-electron chi connectivity index (χ3n) is 7.69. The van der Waals surface area contributed by atoms with Gasteiger partial charge in [0, 0.05) is 25.2 Å². The first-order valence-electron chi connectivity index (χ1n) is 14.7. The molecule has 1 aliphatic carbocycles. The van der Waals surface area contributed by atoms with E-state index in [9.17, 15) is 18.3 Å². The van der Waals surface area contributed by atoms with Crippen LogP contribution in [0.25, 0.3) is 0 Å². The lowest BCUT2D eigenvalue weighted by molar-refractivity contribution is 0.0384. The van der Waals surface area contributed by atoms with Gasteiger partial charge < -0.3 is 19.3 Å². The van der Waals surface area contributed by atoms with E-state index in [1.165, 1.54) is 18.2 Å². The van der Waals surface area contributed by atoms with Crippen molar-refractivity contribution in [1.29, 1.82) is 0 Å². The van der Waals surface area contributed by atoms with E-state index >= 15 is 0 Å². The third-order valence-corrected chi connectivity index (χ3v) is 8.28. The first-order valence-corrected chi connectivity index (χ1v) is 16.6. The molecule has 1 fully saturated rings. The molecule has 0 heterocycles. The van der Waals surface area contributed by atoms with Crippen molar-refractivity contribution in [1.82, 2.24) is 4.90 Å². The summed E-state index contributed by atoms with van der Waals surface area (Å²) in [5.41, 5.74) is 3.26. The Bertz CT molecular complexity index is 1420. The van der Waals surface area contributed by atoms with Crippen LogP contribution in [0.3, 0.4) is 0 Å². The van der Waals surface area contributed by atoms with E-state index in [2.05, 4.69) is 21.8 Å². The van der Waals surface area contributed by atoms with E-state index in [1.807, 2.05) is 42.5 Å². The number of hydrogen-bond donors (Lipinski definition) is 2. The largest absolute Gasteiger partial charge is 0.495 e. The molecule has 9 nitrogen and oxygen atoms in total. The van der Waals surface area contributed by atoms with E-state index in [0.29, 0.717) is 48.7 Å². The molecular formula is C33H42N2O7S. The van der Waals surface area contributed by atoms with Gasteiger partial charge in [0.05, 0.1) is 31.2 Å². The number of anilines is 1. The minimum atomic E-state index is -3.51. The van der Waals surface area contributed by atoms with Gasteiger partial charge in [-0.3, -0.25) is 9.62 Å². The van der Waals surface area contributed by atoms with Crippen LogP contribution >= 0.6 is 0 Å². The van der Waals surface area contributed by atoms with Crippen molar-refractivity contribution in [3.05, 3.63) is 89.5 Å². The fourth-order valence-corrected chi connectivity index (χ4v) is 6.17. The first-order chi connectivity index (χ1) is 20.6. The molecule has 1 aliphatic rings. The van der Waals surface area contributed by atoms with Crippen LogP contribution in [0.5, 0.6) is 11.5 Å². The molecule has 3 aromatic rings. The van der Waals surface area contributed by atoms with Gasteiger partial charge in [0.2, 0.25) is 10.0 Å². The van der Waals surface area contributed by atoms with Crippen LogP contribution < -0.4 is 14.2 Å². The molecule has 0 bridgehead atoms. The summed E-state index contributed by atoms with van der Waals surface area (Å²) in [6, 6.07) is 23.2. The Morgan fingerprint density at radius 1 is 1.02 bits per heavy atom. The van der Waals surface area contributed by atoms with Gasteiger partial charge >= 0.3 is 5.97 Å². The zero-order chi connectivity index (χ0) is 30.8. The summed E-state index contributed by atoms with van der Waals surface area (Å²) in [6.07, 6.45) is 4.32. The number of esters is 1. The summed E-state index contributed by atoms with van der Waals surface area (Å²) < 4.78 is 42.2. The van der Waals surface area contributed by atoms with Crippen molar-refractivity contribution in [2.75, 3.05) is 37.8 Å². The molecule has 4 rings (SSSR count). The maximum absolute atomic E-state index is 12.0. The summed E-state index contributed by atoms with van der Waals surface area (Å²) in [7, 11) is -2.04. The van der Waals surface area contributed by atoms with E-state index < -0.39 is 16.1 Å². The quantitative estimate of drug-likeness (QED) is 0.239. The Hall–Kier alpha value is -3.60. The molecule has 1 saturated carbocycles. The van der Waals surface area contributed by atoms with Crippen molar-refractivity contribution in [3.63, 3.8) is 0 Å². The molecule has 0 unspecified atom stereocenters. The Labute approximate surface area is 254 Å². The van der Waals surface area contributed by atoms with Gasteiger partial charge in [0.1, 0.15) is 24.2 Å². The van der Waals surface area contributed by atoms with Gasteiger partial charge in [-0.25, -0.2) is 13.2 Å². The van der Waals surface area contributed by atoms with Gasteiger partial charge in [0.15, 0.2) is 0 Å². The lowest BCUT2D eigenvalue weighted by atomic mass is 9.81. The number of sulfonamides is 1. The highest BCUT2D eigenvalue weighted by molar-refractivity contribution is 7.92. The normalized spacial score (nSPS) is 17.7. The fourth-order valence-electron chi connectivity index (χ4n) is 5.61. The average molecular weight is 611 g/mol. The first kappa shape index (κ1) is 32.3. The third kappa shape index (κ3) is 9.71. The molecule has 232 valence electrons. The highest BCUT2D eigenvalue weighted by atomic mass is 32.2. The summed E-state index contributed by atoms with van der Waals surface area (Å²) in [6.45, 7) is 3.36. The smallest absolute Gasteiger partial charge is 0.338 e. The van der Waals surface area contributed by atoms with Gasteiger partial charge in [-0.2, -0.15) is 0 Å². The van der Waals surface area contributed by atoms with Crippen molar-refractivity contribution >= 4 is 21.7 Å². The molecule has 0 radical (unpaired) electrons. The Morgan fingerprint density at radius 2 is 1.72 bits per heavy atom. The van der Waals surface area contributed by atoms with E-state index in [4.69, 9.17) is 14.2 Å². The minimum absolute atomic E-state index is 0.0537. The number of nitrogens with zero attached hydrogens (tertiary/aromatic N) is 1. The maximum Gasteiger partial charge on any atom is 0.338 e. The van der Waals surface area contributed by atoms with Crippen molar-refractivity contribution < 1.29 is 32.5 Å². The van der Waals surface area contributed by atoms with Crippen molar-refractivity contribution in [3.8, 4) is 11.5 Å². The molecule has 0 aliphatic heterocycles. The minimum Gasteiger partial charge on any atom is -0.495 e. The second-order valence-electron chi connectivity index (χ2n) is 11.0. The topological polar surface area (TPSA) is 114 Å². The fraction of sp³-hybridized carbons (Fsp3) is 0.424. The van der Waals surface area contributed by atoms with Crippen LogP contribution in [0.2, 0.25) is 0 Å². The maximum atomic E-state index is 12.0. The molecule has 0 aromatic heterocycles. The number of aliphatic hydroxyl groups excluding tert-OH is 1.